The Morgan fingerprint density at radius 2 is 1.70 bits per heavy atom. The van der Waals surface area contributed by atoms with E-state index in [1.54, 1.807) is 22.8 Å². The molecular weight excluding hydrogens is 410 g/mol. The second kappa shape index (κ2) is 8.19. The van der Waals surface area contributed by atoms with Gasteiger partial charge in [0, 0.05) is 11.6 Å². The fourth-order valence-electron chi connectivity index (χ4n) is 4.10. The van der Waals surface area contributed by atoms with Gasteiger partial charge in [0.1, 0.15) is 30.2 Å². The van der Waals surface area contributed by atoms with E-state index in [0.29, 0.717) is 17.0 Å². The van der Waals surface area contributed by atoms with E-state index in [-0.39, 0.29) is 5.75 Å². The lowest BCUT2D eigenvalue weighted by Crippen LogP contribution is -2.56. The van der Waals surface area contributed by atoms with Crippen LogP contribution in [0.25, 0.3) is 10.9 Å². The molecule has 160 valence electrons. The number of aryl methyl sites for hydroxylation is 1. The predicted octanol–water partition coefficient (Wildman–Crippen LogP) is 1.87. The molecule has 1 aliphatic heterocycles. The van der Waals surface area contributed by atoms with Crippen LogP contribution in [0, 0.1) is 6.92 Å². The average molecular weight is 434 g/mol. The molecule has 1 fully saturated rings. The van der Waals surface area contributed by atoms with Gasteiger partial charge in [-0.25, -0.2) is 0 Å². The molecule has 1 saturated heterocycles. The highest BCUT2D eigenvalue weighted by Gasteiger charge is 2.44. The van der Waals surface area contributed by atoms with Gasteiger partial charge in [0.25, 0.3) is 0 Å². The van der Waals surface area contributed by atoms with Gasteiger partial charge in [-0.1, -0.05) is 29.8 Å². The SMILES string of the molecule is Cc1ccc(Cl)c2c1c(Cc1ccc(O)cc1)cn2[C@@H]1O[C@H](CO)[C@@H](O)[C@H](O)[C@H]1O. The van der Waals surface area contributed by atoms with Crippen molar-refractivity contribution in [3.8, 4) is 5.75 Å². The molecular formula is C22H24ClNO6. The number of ether oxygens (including phenoxy) is 1. The highest BCUT2D eigenvalue weighted by atomic mass is 35.5. The van der Waals surface area contributed by atoms with E-state index in [9.17, 15) is 25.5 Å². The number of phenolic OH excluding ortho intramolecular Hbond substituents is 1. The molecule has 0 amide bonds. The summed E-state index contributed by atoms with van der Waals surface area (Å²) in [5.74, 6) is 0.182. The molecule has 8 heteroatoms. The maximum absolute atomic E-state index is 10.6. The average Bonchev–Trinajstić information content (AvgIpc) is 3.11. The van der Waals surface area contributed by atoms with E-state index in [1.165, 1.54) is 0 Å². The van der Waals surface area contributed by atoms with E-state index in [0.717, 1.165) is 22.1 Å². The first-order valence-electron chi connectivity index (χ1n) is 9.68. The molecule has 0 spiro atoms. The van der Waals surface area contributed by atoms with Crippen molar-refractivity contribution < 1.29 is 30.3 Å². The summed E-state index contributed by atoms with van der Waals surface area (Å²) in [6.07, 6.45) is -4.05. The van der Waals surface area contributed by atoms with Crippen molar-refractivity contribution in [2.45, 2.75) is 44.0 Å². The number of halogens is 1. The summed E-state index contributed by atoms with van der Waals surface area (Å²) in [6, 6.07) is 10.5. The first-order valence-corrected chi connectivity index (χ1v) is 10.1. The number of hydrogen-bond acceptors (Lipinski definition) is 6. The molecule has 0 unspecified atom stereocenters. The second-order valence-electron chi connectivity index (χ2n) is 7.71. The zero-order valence-corrected chi connectivity index (χ0v) is 17.1. The van der Waals surface area contributed by atoms with Gasteiger partial charge < -0.3 is 34.8 Å². The molecule has 7 nitrogen and oxygen atoms in total. The molecule has 2 aromatic carbocycles. The molecule has 0 aliphatic carbocycles. The Morgan fingerprint density at radius 3 is 2.37 bits per heavy atom. The Hall–Kier alpha value is -2.13. The smallest absolute Gasteiger partial charge is 0.163 e. The molecule has 2 heterocycles. The molecule has 5 N–H and O–H groups in total. The number of aliphatic hydroxyl groups is 4. The van der Waals surface area contributed by atoms with Gasteiger partial charge in [-0.2, -0.15) is 0 Å². The van der Waals surface area contributed by atoms with E-state index in [4.69, 9.17) is 16.3 Å². The highest BCUT2D eigenvalue weighted by Crippen LogP contribution is 2.38. The maximum atomic E-state index is 10.6. The summed E-state index contributed by atoms with van der Waals surface area (Å²) in [7, 11) is 0. The topological polar surface area (TPSA) is 115 Å². The van der Waals surface area contributed by atoms with Gasteiger partial charge in [-0.05, 0) is 48.2 Å². The fourth-order valence-corrected chi connectivity index (χ4v) is 4.36. The molecule has 3 aromatic rings. The third kappa shape index (κ3) is 3.58. The standard InChI is InChI=1S/C22H24ClNO6/c1-11-2-7-15(23)18-17(11)13(8-12-3-5-14(26)6-4-12)9-24(18)22-21(29)20(28)19(27)16(10-25)30-22/h2-7,9,16,19-22,25-29H,8,10H2,1H3/t16-,19-,20+,21-,22-/m1/s1. The number of rotatable bonds is 4. The lowest BCUT2D eigenvalue weighted by Gasteiger charge is -2.40. The minimum atomic E-state index is -1.48. The van der Waals surface area contributed by atoms with E-state index in [1.807, 2.05) is 31.3 Å². The Bertz CT molecular complexity index is 1050. The maximum Gasteiger partial charge on any atom is 0.163 e. The van der Waals surface area contributed by atoms with Crippen molar-refractivity contribution in [2.75, 3.05) is 6.61 Å². The van der Waals surface area contributed by atoms with Gasteiger partial charge in [-0.3, -0.25) is 0 Å². The number of hydrogen-bond donors (Lipinski definition) is 5. The summed E-state index contributed by atoms with van der Waals surface area (Å²) < 4.78 is 7.42. The van der Waals surface area contributed by atoms with Crippen molar-refractivity contribution >= 4 is 22.5 Å². The van der Waals surface area contributed by atoms with Crippen molar-refractivity contribution in [3.63, 3.8) is 0 Å². The van der Waals surface area contributed by atoms with E-state index < -0.39 is 37.3 Å². The third-order valence-corrected chi connectivity index (χ3v) is 5.99. The number of aliphatic hydroxyl groups excluding tert-OH is 4. The summed E-state index contributed by atoms with van der Waals surface area (Å²) >= 11 is 6.52. The van der Waals surface area contributed by atoms with Gasteiger partial charge in [0.15, 0.2) is 6.23 Å². The molecule has 0 radical (unpaired) electrons. The molecule has 4 rings (SSSR count). The third-order valence-electron chi connectivity index (χ3n) is 5.68. The normalized spacial score (nSPS) is 26.9. The van der Waals surface area contributed by atoms with Crippen LogP contribution in [0.15, 0.2) is 42.6 Å². The van der Waals surface area contributed by atoms with Crippen molar-refractivity contribution in [1.29, 1.82) is 0 Å². The van der Waals surface area contributed by atoms with Gasteiger partial charge in [0.05, 0.1) is 17.1 Å². The van der Waals surface area contributed by atoms with Crippen molar-refractivity contribution in [3.05, 3.63) is 64.3 Å². The lowest BCUT2D eigenvalue weighted by molar-refractivity contribution is -0.250. The molecule has 5 atom stereocenters. The van der Waals surface area contributed by atoms with Crippen LogP contribution in [0.5, 0.6) is 5.75 Å². The van der Waals surface area contributed by atoms with Gasteiger partial charge in [0.2, 0.25) is 0 Å². The molecule has 1 aliphatic rings. The van der Waals surface area contributed by atoms with Crippen LogP contribution >= 0.6 is 11.6 Å². The van der Waals surface area contributed by atoms with Crippen molar-refractivity contribution in [1.82, 2.24) is 4.57 Å². The largest absolute Gasteiger partial charge is 0.508 e. The van der Waals surface area contributed by atoms with Crippen molar-refractivity contribution in [2.24, 2.45) is 0 Å². The molecule has 30 heavy (non-hydrogen) atoms. The molecule has 0 saturated carbocycles. The van der Waals surface area contributed by atoms with Crippen LogP contribution in [-0.4, -0.2) is 61.1 Å². The first-order chi connectivity index (χ1) is 14.3. The second-order valence-corrected chi connectivity index (χ2v) is 8.12. The predicted molar refractivity (Wildman–Crippen MR) is 112 cm³/mol. The lowest BCUT2D eigenvalue weighted by atomic mass is 9.98. The molecule has 1 aromatic heterocycles. The highest BCUT2D eigenvalue weighted by molar-refractivity contribution is 6.35. The summed E-state index contributed by atoms with van der Waals surface area (Å²) in [5, 5.41) is 51.4. The molecule has 0 bridgehead atoms. The monoisotopic (exact) mass is 433 g/mol. The quantitative estimate of drug-likeness (QED) is 0.429. The van der Waals surface area contributed by atoms with Crippen LogP contribution in [0.4, 0.5) is 0 Å². The van der Waals surface area contributed by atoms with Crippen LogP contribution in [-0.2, 0) is 11.2 Å². The van der Waals surface area contributed by atoms with Crippen LogP contribution < -0.4 is 0 Å². The number of aromatic nitrogens is 1. The number of fused-ring (bicyclic) bond motifs is 1. The van der Waals surface area contributed by atoms with E-state index in [2.05, 4.69) is 0 Å². The summed E-state index contributed by atoms with van der Waals surface area (Å²) in [5.41, 5.74) is 3.51. The Morgan fingerprint density at radius 1 is 1.00 bits per heavy atom. The zero-order valence-electron chi connectivity index (χ0n) is 16.3. The minimum absolute atomic E-state index is 0.182. The fraction of sp³-hybridized carbons (Fsp3) is 0.364. The summed E-state index contributed by atoms with van der Waals surface area (Å²) in [6.45, 7) is 1.45. The number of benzene rings is 2. The number of nitrogens with zero attached hydrogens (tertiary/aromatic N) is 1. The van der Waals surface area contributed by atoms with Crippen LogP contribution in [0.2, 0.25) is 5.02 Å². The Labute approximate surface area is 178 Å². The zero-order chi connectivity index (χ0) is 21.6. The van der Waals surface area contributed by atoms with Gasteiger partial charge in [-0.15, -0.1) is 0 Å². The summed E-state index contributed by atoms with van der Waals surface area (Å²) in [4.78, 5) is 0. The number of aromatic hydroxyl groups is 1. The van der Waals surface area contributed by atoms with Crippen LogP contribution in [0.3, 0.4) is 0 Å². The van der Waals surface area contributed by atoms with E-state index >= 15 is 0 Å². The first kappa shape index (κ1) is 21.1. The number of phenols is 1. The Balaban J connectivity index is 1.84. The Kier molecular flexibility index (Phi) is 5.76. The van der Waals surface area contributed by atoms with Crippen LogP contribution in [0.1, 0.15) is 22.9 Å². The van der Waals surface area contributed by atoms with Gasteiger partial charge >= 0.3 is 0 Å². The minimum Gasteiger partial charge on any atom is -0.508 e.